The fourth-order valence-corrected chi connectivity index (χ4v) is 1.92. The van der Waals surface area contributed by atoms with Crippen LogP contribution in [0.4, 0.5) is 0 Å². The molecule has 3 nitrogen and oxygen atoms in total. The van der Waals surface area contributed by atoms with Crippen LogP contribution in [0.2, 0.25) is 5.02 Å². The molecule has 3 rings (SSSR count). The zero-order valence-electron chi connectivity index (χ0n) is 9.14. The number of rotatable bonds is 1. The van der Waals surface area contributed by atoms with Crippen molar-refractivity contribution < 1.29 is 4.74 Å². The van der Waals surface area contributed by atoms with Gasteiger partial charge in [0, 0.05) is 11.1 Å². The number of benzene rings is 2. The van der Waals surface area contributed by atoms with Gasteiger partial charge in [0.15, 0.2) is 0 Å². The number of ether oxygens (including phenoxy) is 1. The summed E-state index contributed by atoms with van der Waals surface area (Å²) < 4.78 is 5.16. The molecule has 84 valence electrons. The Balaban J connectivity index is 2.36. The van der Waals surface area contributed by atoms with Crippen molar-refractivity contribution in [2.75, 3.05) is 7.11 Å². The van der Waals surface area contributed by atoms with Crippen molar-refractivity contribution >= 4 is 33.7 Å². The van der Waals surface area contributed by atoms with Crippen LogP contribution in [0.15, 0.2) is 36.4 Å². The first-order valence-electron chi connectivity index (χ1n) is 5.17. The van der Waals surface area contributed by atoms with Gasteiger partial charge in [-0.3, -0.25) is 0 Å². The second-order valence-corrected chi connectivity index (χ2v) is 4.15. The highest BCUT2D eigenvalue weighted by atomic mass is 35.5. The maximum Gasteiger partial charge on any atom is 0.121 e. The zero-order chi connectivity index (χ0) is 11.8. The van der Waals surface area contributed by atoms with Crippen LogP contribution in [0.3, 0.4) is 0 Å². The zero-order valence-corrected chi connectivity index (χ0v) is 9.90. The molecule has 1 heterocycles. The predicted octanol–water partition coefficient (Wildman–Crippen LogP) is 3.45. The molecule has 0 unspecified atom stereocenters. The van der Waals surface area contributed by atoms with Gasteiger partial charge in [0.05, 0.1) is 29.2 Å². The highest BCUT2D eigenvalue weighted by Crippen LogP contribution is 2.22. The minimum absolute atomic E-state index is 0.661. The summed E-state index contributed by atoms with van der Waals surface area (Å²) in [6, 6.07) is 11.1. The molecule has 0 aliphatic heterocycles. The normalized spacial score (nSPS) is 10.9. The quantitative estimate of drug-likeness (QED) is 0.615. The molecule has 0 radical (unpaired) electrons. The van der Waals surface area contributed by atoms with Crippen molar-refractivity contribution in [2.45, 2.75) is 0 Å². The minimum Gasteiger partial charge on any atom is -0.497 e. The fraction of sp³-hybridized carbons (Fsp3) is 0.0769. The molecule has 17 heavy (non-hydrogen) atoms. The third kappa shape index (κ3) is 1.78. The largest absolute Gasteiger partial charge is 0.497 e. The van der Waals surface area contributed by atoms with E-state index >= 15 is 0 Å². The third-order valence-electron chi connectivity index (χ3n) is 2.60. The number of fused-ring (bicyclic) bond motifs is 2. The summed E-state index contributed by atoms with van der Waals surface area (Å²) in [5.41, 5.74) is 3.28. The second-order valence-electron chi connectivity index (χ2n) is 3.71. The van der Waals surface area contributed by atoms with E-state index in [0.29, 0.717) is 5.02 Å². The van der Waals surface area contributed by atoms with Gasteiger partial charge in [-0.25, -0.2) is 9.97 Å². The standard InChI is InChI=1S/C13H9ClN2O/c1-17-9-3-5-11-13(7-9)16-12-6-8(14)2-4-10(12)15-11/h2-7H,1H3. The Morgan fingerprint density at radius 3 is 2.29 bits per heavy atom. The fourth-order valence-electron chi connectivity index (χ4n) is 1.75. The molecular weight excluding hydrogens is 236 g/mol. The van der Waals surface area contributed by atoms with Gasteiger partial charge in [-0.05, 0) is 30.3 Å². The maximum atomic E-state index is 5.94. The van der Waals surface area contributed by atoms with E-state index in [1.165, 1.54) is 0 Å². The van der Waals surface area contributed by atoms with Gasteiger partial charge in [0.25, 0.3) is 0 Å². The van der Waals surface area contributed by atoms with Gasteiger partial charge in [-0.1, -0.05) is 11.6 Å². The van der Waals surface area contributed by atoms with E-state index in [1.54, 1.807) is 7.11 Å². The van der Waals surface area contributed by atoms with E-state index < -0.39 is 0 Å². The molecule has 0 fully saturated rings. The van der Waals surface area contributed by atoms with Gasteiger partial charge >= 0.3 is 0 Å². The van der Waals surface area contributed by atoms with Crippen molar-refractivity contribution in [1.29, 1.82) is 0 Å². The van der Waals surface area contributed by atoms with Crippen LogP contribution in [0.5, 0.6) is 5.75 Å². The van der Waals surface area contributed by atoms with Gasteiger partial charge in [0.1, 0.15) is 5.75 Å². The van der Waals surface area contributed by atoms with Crippen LogP contribution in [0.1, 0.15) is 0 Å². The van der Waals surface area contributed by atoms with Crippen LogP contribution in [-0.4, -0.2) is 17.1 Å². The molecule has 0 aliphatic carbocycles. The van der Waals surface area contributed by atoms with Gasteiger partial charge in [-0.15, -0.1) is 0 Å². The van der Waals surface area contributed by atoms with Gasteiger partial charge < -0.3 is 4.74 Å². The van der Waals surface area contributed by atoms with Crippen LogP contribution in [-0.2, 0) is 0 Å². The summed E-state index contributed by atoms with van der Waals surface area (Å²) in [5.74, 6) is 0.771. The monoisotopic (exact) mass is 244 g/mol. The average molecular weight is 245 g/mol. The summed E-state index contributed by atoms with van der Waals surface area (Å²) in [6.07, 6.45) is 0. The molecule has 4 heteroatoms. The predicted molar refractivity (Wildman–Crippen MR) is 68.6 cm³/mol. The molecule has 0 saturated heterocycles. The Labute approximate surface area is 103 Å². The maximum absolute atomic E-state index is 5.94. The van der Waals surface area contributed by atoms with E-state index in [-0.39, 0.29) is 0 Å². The summed E-state index contributed by atoms with van der Waals surface area (Å²) in [5, 5.41) is 0.661. The van der Waals surface area contributed by atoms with Crippen LogP contribution >= 0.6 is 11.6 Å². The first kappa shape index (κ1) is 10.3. The summed E-state index contributed by atoms with van der Waals surface area (Å²) in [4.78, 5) is 9.04. The number of hydrogen-bond acceptors (Lipinski definition) is 3. The third-order valence-corrected chi connectivity index (χ3v) is 2.84. The van der Waals surface area contributed by atoms with E-state index in [9.17, 15) is 0 Å². The Hall–Kier alpha value is -1.87. The number of hydrogen-bond donors (Lipinski definition) is 0. The molecule has 0 aliphatic rings. The summed E-state index contributed by atoms with van der Waals surface area (Å²) in [6.45, 7) is 0. The van der Waals surface area contributed by atoms with Crippen molar-refractivity contribution in [3.63, 3.8) is 0 Å². The molecule has 1 aromatic heterocycles. The lowest BCUT2D eigenvalue weighted by Gasteiger charge is -2.03. The van der Waals surface area contributed by atoms with Gasteiger partial charge in [-0.2, -0.15) is 0 Å². The van der Waals surface area contributed by atoms with Crippen molar-refractivity contribution in [2.24, 2.45) is 0 Å². The van der Waals surface area contributed by atoms with E-state index in [1.807, 2.05) is 36.4 Å². The van der Waals surface area contributed by atoms with Crippen molar-refractivity contribution in [3.05, 3.63) is 41.4 Å². The lowest BCUT2D eigenvalue weighted by atomic mass is 10.2. The SMILES string of the molecule is COc1ccc2nc3ccc(Cl)cc3nc2c1. The van der Waals surface area contributed by atoms with Crippen molar-refractivity contribution in [1.82, 2.24) is 9.97 Å². The Morgan fingerprint density at radius 2 is 1.53 bits per heavy atom. The number of halogens is 1. The average Bonchev–Trinajstić information content (AvgIpc) is 2.35. The topological polar surface area (TPSA) is 35.0 Å². The van der Waals surface area contributed by atoms with E-state index in [0.717, 1.165) is 27.8 Å². The Morgan fingerprint density at radius 1 is 0.882 bits per heavy atom. The molecular formula is C13H9ClN2O. The molecule has 0 N–H and O–H groups in total. The molecule has 2 aromatic carbocycles. The molecule has 0 spiro atoms. The van der Waals surface area contributed by atoms with E-state index in [4.69, 9.17) is 16.3 Å². The molecule has 3 aromatic rings. The van der Waals surface area contributed by atoms with E-state index in [2.05, 4.69) is 9.97 Å². The molecule has 0 atom stereocenters. The highest BCUT2D eigenvalue weighted by molar-refractivity contribution is 6.31. The number of nitrogens with zero attached hydrogens (tertiary/aromatic N) is 2. The Kier molecular flexibility index (Phi) is 2.34. The lowest BCUT2D eigenvalue weighted by molar-refractivity contribution is 0.415. The number of methoxy groups -OCH3 is 1. The van der Waals surface area contributed by atoms with Crippen molar-refractivity contribution in [3.8, 4) is 5.75 Å². The number of aromatic nitrogens is 2. The lowest BCUT2D eigenvalue weighted by Crippen LogP contribution is -1.89. The first-order valence-corrected chi connectivity index (χ1v) is 5.55. The smallest absolute Gasteiger partial charge is 0.121 e. The highest BCUT2D eigenvalue weighted by Gasteiger charge is 2.03. The summed E-state index contributed by atoms with van der Waals surface area (Å²) >= 11 is 5.94. The minimum atomic E-state index is 0.661. The summed E-state index contributed by atoms with van der Waals surface area (Å²) in [7, 11) is 1.63. The molecule has 0 bridgehead atoms. The van der Waals surface area contributed by atoms with Crippen LogP contribution in [0, 0.1) is 0 Å². The molecule has 0 amide bonds. The van der Waals surface area contributed by atoms with Gasteiger partial charge in [0.2, 0.25) is 0 Å². The molecule has 0 saturated carbocycles. The second kappa shape index (κ2) is 3.86. The van der Waals surface area contributed by atoms with Crippen LogP contribution < -0.4 is 4.74 Å². The van der Waals surface area contributed by atoms with Crippen LogP contribution in [0.25, 0.3) is 22.1 Å². The first-order chi connectivity index (χ1) is 8.26. The Bertz CT molecular complexity index is 712.